The molecule has 1 aliphatic carbocycles. The van der Waals surface area contributed by atoms with Gasteiger partial charge in [0.05, 0.1) is 0 Å². The minimum Gasteiger partial charge on any atom is -0.302 e. The summed E-state index contributed by atoms with van der Waals surface area (Å²) >= 11 is 1.61. The quantitative estimate of drug-likeness (QED) is 0.555. The van der Waals surface area contributed by atoms with Crippen LogP contribution in [0, 0.1) is 5.82 Å². The zero-order chi connectivity index (χ0) is 16.1. The van der Waals surface area contributed by atoms with Gasteiger partial charge in [-0.3, -0.25) is 0 Å². The molecule has 0 aliphatic heterocycles. The molecule has 0 amide bonds. The van der Waals surface area contributed by atoms with Crippen molar-refractivity contribution < 1.29 is 4.39 Å². The third kappa shape index (κ3) is 4.02. The molecule has 5 heteroatoms. The molecular weight excluding hydrogens is 309 g/mol. The lowest BCUT2D eigenvalue weighted by Crippen LogP contribution is -2.12. The topological polar surface area (TPSA) is 30.7 Å². The first-order valence-electron chi connectivity index (χ1n) is 8.19. The van der Waals surface area contributed by atoms with Crippen LogP contribution in [0.25, 0.3) is 0 Å². The number of rotatable bonds is 6. The summed E-state index contributed by atoms with van der Waals surface area (Å²) in [6, 6.07) is 6.72. The van der Waals surface area contributed by atoms with Gasteiger partial charge >= 0.3 is 0 Å². The predicted molar refractivity (Wildman–Crippen MR) is 92.0 cm³/mol. The highest BCUT2D eigenvalue weighted by molar-refractivity contribution is 7.98. The van der Waals surface area contributed by atoms with Gasteiger partial charge in [0.25, 0.3) is 0 Å². The fourth-order valence-electron chi connectivity index (χ4n) is 3.14. The number of aromatic nitrogens is 3. The molecule has 3 nitrogen and oxygen atoms in total. The van der Waals surface area contributed by atoms with Crippen molar-refractivity contribution in [2.45, 2.75) is 55.5 Å². The summed E-state index contributed by atoms with van der Waals surface area (Å²) < 4.78 is 15.5. The van der Waals surface area contributed by atoms with Crippen LogP contribution >= 0.6 is 11.8 Å². The Bertz CT molecular complexity index is 662. The molecule has 0 atom stereocenters. The third-order valence-corrected chi connectivity index (χ3v) is 5.32. The first-order valence-corrected chi connectivity index (χ1v) is 9.17. The normalized spacial score (nSPS) is 15.7. The smallest absolute Gasteiger partial charge is 0.191 e. The van der Waals surface area contributed by atoms with E-state index in [1.54, 1.807) is 23.9 Å². The van der Waals surface area contributed by atoms with E-state index in [4.69, 9.17) is 0 Å². The van der Waals surface area contributed by atoms with Crippen molar-refractivity contribution in [3.05, 3.63) is 54.1 Å². The second kappa shape index (κ2) is 7.77. The van der Waals surface area contributed by atoms with E-state index in [0.29, 0.717) is 11.7 Å². The predicted octanol–water partition coefficient (Wildman–Crippen LogP) is 4.94. The Morgan fingerprint density at radius 1 is 1.26 bits per heavy atom. The van der Waals surface area contributed by atoms with E-state index in [-0.39, 0.29) is 5.82 Å². The van der Waals surface area contributed by atoms with Crippen LogP contribution in [0.1, 0.15) is 49.4 Å². The SMILES string of the molecule is C=CCn1c(SCc2cccc(F)c2)nnc1C1CCCCC1. The van der Waals surface area contributed by atoms with E-state index in [2.05, 4.69) is 21.3 Å². The average Bonchev–Trinajstić information content (AvgIpc) is 2.97. The first kappa shape index (κ1) is 16.2. The Balaban J connectivity index is 1.75. The van der Waals surface area contributed by atoms with Gasteiger partial charge in [-0.15, -0.1) is 16.8 Å². The third-order valence-electron chi connectivity index (χ3n) is 4.28. The maximum atomic E-state index is 13.3. The fraction of sp³-hybridized carbons (Fsp3) is 0.444. The molecule has 1 aromatic carbocycles. The molecule has 23 heavy (non-hydrogen) atoms. The molecule has 0 bridgehead atoms. The van der Waals surface area contributed by atoms with Crippen LogP contribution in [0.5, 0.6) is 0 Å². The van der Waals surface area contributed by atoms with E-state index in [9.17, 15) is 4.39 Å². The van der Waals surface area contributed by atoms with Crippen molar-refractivity contribution in [3.8, 4) is 0 Å². The molecule has 1 saturated carbocycles. The summed E-state index contributed by atoms with van der Waals surface area (Å²) in [5.41, 5.74) is 0.961. The molecule has 1 aliphatic rings. The molecule has 0 radical (unpaired) electrons. The van der Waals surface area contributed by atoms with Crippen LogP contribution in [0.4, 0.5) is 4.39 Å². The lowest BCUT2D eigenvalue weighted by molar-refractivity contribution is 0.415. The van der Waals surface area contributed by atoms with E-state index in [1.807, 2.05) is 12.1 Å². The maximum absolute atomic E-state index is 13.3. The second-order valence-electron chi connectivity index (χ2n) is 5.99. The monoisotopic (exact) mass is 331 g/mol. The van der Waals surface area contributed by atoms with Gasteiger partial charge in [0.1, 0.15) is 11.6 Å². The molecule has 1 fully saturated rings. The summed E-state index contributed by atoms with van der Waals surface area (Å²) in [5, 5.41) is 9.74. The molecule has 1 aromatic heterocycles. The molecule has 0 N–H and O–H groups in total. The Labute approximate surface area is 141 Å². The zero-order valence-corrected chi connectivity index (χ0v) is 14.1. The van der Waals surface area contributed by atoms with Gasteiger partial charge in [0.2, 0.25) is 0 Å². The van der Waals surface area contributed by atoms with Crippen molar-refractivity contribution in [1.29, 1.82) is 0 Å². The number of halogens is 1. The Kier molecular flexibility index (Phi) is 5.49. The van der Waals surface area contributed by atoms with Gasteiger partial charge in [0, 0.05) is 18.2 Å². The van der Waals surface area contributed by atoms with Crippen LogP contribution in [-0.4, -0.2) is 14.8 Å². The van der Waals surface area contributed by atoms with Crippen molar-refractivity contribution in [2.24, 2.45) is 0 Å². The van der Waals surface area contributed by atoms with Crippen LogP contribution < -0.4 is 0 Å². The van der Waals surface area contributed by atoms with Crippen molar-refractivity contribution in [3.63, 3.8) is 0 Å². The number of thioether (sulfide) groups is 1. The van der Waals surface area contributed by atoms with Gasteiger partial charge in [-0.25, -0.2) is 4.39 Å². The van der Waals surface area contributed by atoms with Crippen LogP contribution in [0.3, 0.4) is 0 Å². The summed E-state index contributed by atoms with van der Waals surface area (Å²) in [4.78, 5) is 0. The van der Waals surface area contributed by atoms with E-state index in [0.717, 1.165) is 23.1 Å². The standard InChI is InChI=1S/C18H22FN3S/c1-2-11-22-17(15-8-4-3-5-9-15)20-21-18(22)23-13-14-7-6-10-16(19)12-14/h2,6-7,10,12,15H,1,3-5,8-9,11,13H2. The molecule has 0 spiro atoms. The van der Waals surface area contributed by atoms with Gasteiger partial charge in [-0.05, 0) is 30.5 Å². The van der Waals surface area contributed by atoms with E-state index >= 15 is 0 Å². The minimum absolute atomic E-state index is 0.196. The molecule has 2 aromatic rings. The largest absolute Gasteiger partial charge is 0.302 e. The molecule has 0 unspecified atom stereocenters. The average molecular weight is 331 g/mol. The number of allylic oxidation sites excluding steroid dienone is 1. The van der Waals surface area contributed by atoms with Gasteiger partial charge in [-0.1, -0.05) is 49.2 Å². The second-order valence-corrected chi connectivity index (χ2v) is 6.94. The highest BCUT2D eigenvalue weighted by Gasteiger charge is 2.22. The van der Waals surface area contributed by atoms with Crippen LogP contribution in [-0.2, 0) is 12.3 Å². The molecular formula is C18H22FN3S. The highest BCUT2D eigenvalue weighted by atomic mass is 32.2. The van der Waals surface area contributed by atoms with Crippen LogP contribution in [0.15, 0.2) is 42.1 Å². The van der Waals surface area contributed by atoms with Gasteiger partial charge in [0.15, 0.2) is 5.16 Å². The van der Waals surface area contributed by atoms with Crippen molar-refractivity contribution in [1.82, 2.24) is 14.8 Å². The summed E-state index contributed by atoms with van der Waals surface area (Å²) in [7, 11) is 0. The summed E-state index contributed by atoms with van der Waals surface area (Å²) in [6.45, 7) is 4.58. The van der Waals surface area contributed by atoms with E-state index in [1.165, 1.54) is 38.2 Å². The lowest BCUT2D eigenvalue weighted by Gasteiger charge is -2.21. The Morgan fingerprint density at radius 2 is 2.09 bits per heavy atom. The molecule has 1 heterocycles. The Morgan fingerprint density at radius 3 is 2.83 bits per heavy atom. The first-order chi connectivity index (χ1) is 11.3. The fourth-order valence-corrected chi connectivity index (χ4v) is 4.04. The number of hydrogen-bond donors (Lipinski definition) is 0. The lowest BCUT2D eigenvalue weighted by atomic mass is 9.89. The van der Waals surface area contributed by atoms with Crippen LogP contribution in [0.2, 0.25) is 0 Å². The maximum Gasteiger partial charge on any atom is 0.191 e. The number of hydrogen-bond acceptors (Lipinski definition) is 3. The molecule has 3 rings (SSSR count). The Hall–Kier alpha value is -1.62. The van der Waals surface area contributed by atoms with Gasteiger partial charge < -0.3 is 4.57 Å². The number of nitrogens with zero attached hydrogens (tertiary/aromatic N) is 3. The van der Waals surface area contributed by atoms with Crippen molar-refractivity contribution in [2.75, 3.05) is 0 Å². The molecule has 122 valence electrons. The highest BCUT2D eigenvalue weighted by Crippen LogP contribution is 2.33. The zero-order valence-electron chi connectivity index (χ0n) is 13.2. The summed E-state index contributed by atoms with van der Waals surface area (Å²) in [5.74, 6) is 2.10. The number of benzene rings is 1. The summed E-state index contributed by atoms with van der Waals surface area (Å²) in [6.07, 6.45) is 8.16. The minimum atomic E-state index is -0.196. The molecule has 0 saturated heterocycles. The van der Waals surface area contributed by atoms with E-state index < -0.39 is 0 Å². The van der Waals surface area contributed by atoms with Crippen molar-refractivity contribution >= 4 is 11.8 Å². The van der Waals surface area contributed by atoms with Gasteiger partial charge in [-0.2, -0.15) is 0 Å².